The molecule has 4 aliphatic carbocycles. The molecule has 28 heavy (non-hydrogen) atoms. The zero-order valence-electron chi connectivity index (χ0n) is 16.0. The van der Waals surface area contributed by atoms with Crippen LogP contribution in [-0.4, -0.2) is 21.2 Å². The fourth-order valence-corrected chi connectivity index (χ4v) is 6.14. The second-order valence-electron chi connectivity index (χ2n) is 9.01. The molecule has 0 spiro atoms. The fourth-order valence-electron chi connectivity index (χ4n) is 6.14. The van der Waals surface area contributed by atoms with Crippen molar-refractivity contribution in [2.45, 2.75) is 51.0 Å². The van der Waals surface area contributed by atoms with E-state index in [0.717, 1.165) is 19.3 Å². The van der Waals surface area contributed by atoms with Crippen LogP contribution in [0.4, 0.5) is 4.39 Å². The first kappa shape index (κ1) is 17.6. The number of carbonyl (C=O) groups is 1. The Hall–Kier alpha value is -2.50. The molecule has 1 N–H and O–H groups in total. The van der Waals surface area contributed by atoms with Gasteiger partial charge in [0.15, 0.2) is 5.69 Å². The Morgan fingerprint density at radius 1 is 1.14 bits per heavy atom. The van der Waals surface area contributed by atoms with Crippen LogP contribution in [0.2, 0.25) is 0 Å². The van der Waals surface area contributed by atoms with Crippen LogP contribution in [-0.2, 0) is 0 Å². The predicted molar refractivity (Wildman–Crippen MR) is 103 cm³/mol. The number of aromatic nitrogens is 2. The first-order chi connectivity index (χ1) is 13.4. The maximum Gasteiger partial charge on any atom is 0.276 e. The van der Waals surface area contributed by atoms with Crippen molar-refractivity contribution in [2.75, 3.05) is 0 Å². The van der Waals surface area contributed by atoms with E-state index in [2.05, 4.69) is 10.4 Å². The molecule has 146 valence electrons. The molecule has 4 fully saturated rings. The van der Waals surface area contributed by atoms with Crippen molar-refractivity contribution < 1.29 is 9.18 Å². The van der Waals surface area contributed by atoms with E-state index in [1.54, 1.807) is 25.1 Å². The number of benzene rings is 1. The molecular weight excluding hydrogens is 357 g/mol. The molecule has 6 heteroatoms. The molecule has 2 aromatic rings. The summed E-state index contributed by atoms with van der Waals surface area (Å²) in [5.74, 6) is 1.18. The quantitative estimate of drug-likeness (QED) is 0.887. The zero-order chi connectivity index (χ0) is 19.5. The molecule has 0 saturated heterocycles. The molecule has 1 heterocycles. The van der Waals surface area contributed by atoms with Gasteiger partial charge in [-0.05, 0) is 75.3 Å². The lowest BCUT2D eigenvalue weighted by atomic mass is 9.53. The van der Waals surface area contributed by atoms with Gasteiger partial charge in [0.05, 0.1) is 0 Å². The van der Waals surface area contributed by atoms with Gasteiger partial charge in [-0.3, -0.25) is 9.59 Å². The third kappa shape index (κ3) is 2.86. The number of nitrogens with zero attached hydrogens (tertiary/aromatic N) is 2. The Balaban J connectivity index is 1.48. The minimum absolute atomic E-state index is 0.162. The van der Waals surface area contributed by atoms with Gasteiger partial charge in [-0.1, -0.05) is 12.1 Å². The molecule has 0 atom stereocenters. The Morgan fingerprint density at radius 3 is 2.36 bits per heavy atom. The largest absolute Gasteiger partial charge is 0.345 e. The number of carbonyl (C=O) groups excluding carboxylic acids is 1. The number of para-hydroxylation sites is 1. The summed E-state index contributed by atoms with van der Waals surface area (Å²) in [5.41, 5.74) is -0.0737. The molecule has 4 aliphatic rings. The normalized spacial score (nSPS) is 30.4. The molecule has 6 rings (SSSR count). The summed E-state index contributed by atoms with van der Waals surface area (Å²) in [4.78, 5) is 25.6. The van der Waals surface area contributed by atoms with E-state index in [9.17, 15) is 14.0 Å². The van der Waals surface area contributed by atoms with Gasteiger partial charge in [0.25, 0.3) is 5.91 Å². The Bertz CT molecular complexity index is 978. The maximum atomic E-state index is 14.2. The summed E-state index contributed by atoms with van der Waals surface area (Å²) >= 11 is 0. The van der Waals surface area contributed by atoms with Gasteiger partial charge in [0.2, 0.25) is 5.43 Å². The van der Waals surface area contributed by atoms with E-state index < -0.39 is 17.2 Å². The van der Waals surface area contributed by atoms with Crippen LogP contribution in [0.1, 0.15) is 54.7 Å². The van der Waals surface area contributed by atoms with Crippen LogP contribution in [0.5, 0.6) is 0 Å². The Kier molecular flexibility index (Phi) is 3.93. The van der Waals surface area contributed by atoms with Crippen molar-refractivity contribution >= 4 is 5.91 Å². The van der Waals surface area contributed by atoms with Crippen molar-refractivity contribution in [1.82, 2.24) is 15.1 Å². The summed E-state index contributed by atoms with van der Waals surface area (Å²) in [7, 11) is 0. The highest BCUT2D eigenvalue weighted by Gasteiger charge is 2.51. The Labute approximate surface area is 163 Å². The number of hydrogen-bond donors (Lipinski definition) is 1. The van der Waals surface area contributed by atoms with Gasteiger partial charge in [0.1, 0.15) is 11.5 Å². The lowest BCUT2D eigenvalue weighted by Crippen LogP contribution is -2.60. The van der Waals surface area contributed by atoms with E-state index >= 15 is 0 Å². The number of amides is 1. The summed E-state index contributed by atoms with van der Waals surface area (Å²) in [6, 6.07) is 7.57. The van der Waals surface area contributed by atoms with E-state index in [1.807, 2.05) is 0 Å². The maximum absolute atomic E-state index is 14.2. The van der Waals surface area contributed by atoms with Crippen molar-refractivity contribution in [3.8, 4) is 5.69 Å². The number of halogens is 1. The molecular formula is C22H24FN3O2. The van der Waals surface area contributed by atoms with E-state index in [-0.39, 0.29) is 16.9 Å². The highest BCUT2D eigenvalue weighted by molar-refractivity contribution is 5.92. The highest BCUT2D eigenvalue weighted by atomic mass is 19.1. The minimum atomic E-state index is -0.450. The van der Waals surface area contributed by atoms with Crippen molar-refractivity contribution in [2.24, 2.45) is 17.8 Å². The van der Waals surface area contributed by atoms with Gasteiger partial charge >= 0.3 is 0 Å². The van der Waals surface area contributed by atoms with Crippen LogP contribution in [0.3, 0.4) is 0 Å². The summed E-state index contributed by atoms with van der Waals surface area (Å²) in [5, 5.41) is 7.44. The highest BCUT2D eigenvalue weighted by Crippen LogP contribution is 2.55. The van der Waals surface area contributed by atoms with Crippen LogP contribution in [0, 0.1) is 30.5 Å². The van der Waals surface area contributed by atoms with Gasteiger partial charge in [-0.15, -0.1) is 0 Å². The van der Waals surface area contributed by atoms with Crippen LogP contribution < -0.4 is 10.7 Å². The summed E-state index contributed by atoms with van der Waals surface area (Å²) < 4.78 is 15.6. The standard InChI is InChI=1S/C22H24FN3O2/c1-13-6-19(27)20(25-26(13)18-5-3-2-4-17(18)23)21(28)24-22-10-14-7-15(11-22)9-16(8-14)12-22/h2-6,14-16H,7-12H2,1H3,(H,24,28). The van der Waals surface area contributed by atoms with Crippen molar-refractivity contribution in [1.29, 1.82) is 0 Å². The fraction of sp³-hybridized carbons (Fsp3) is 0.500. The monoisotopic (exact) mass is 381 g/mol. The number of rotatable bonds is 3. The lowest BCUT2D eigenvalue weighted by Gasteiger charge is -2.56. The van der Waals surface area contributed by atoms with Crippen LogP contribution in [0.25, 0.3) is 5.69 Å². The van der Waals surface area contributed by atoms with Gasteiger partial charge in [-0.2, -0.15) is 5.10 Å². The average Bonchev–Trinajstić information content (AvgIpc) is 2.61. The second kappa shape index (κ2) is 6.26. The molecule has 1 aromatic carbocycles. The van der Waals surface area contributed by atoms with E-state index in [0.29, 0.717) is 23.4 Å². The third-order valence-electron chi connectivity index (χ3n) is 6.82. The third-order valence-corrected chi connectivity index (χ3v) is 6.82. The number of nitrogens with one attached hydrogen (secondary N) is 1. The first-order valence-corrected chi connectivity index (χ1v) is 10.1. The van der Waals surface area contributed by atoms with Gasteiger partial charge in [0, 0.05) is 17.3 Å². The molecule has 0 radical (unpaired) electrons. The predicted octanol–water partition coefficient (Wildman–Crippen LogP) is 3.38. The molecule has 4 saturated carbocycles. The topological polar surface area (TPSA) is 64.0 Å². The molecule has 1 aromatic heterocycles. The smallest absolute Gasteiger partial charge is 0.276 e. The molecule has 4 bridgehead atoms. The SMILES string of the molecule is Cc1cc(=O)c(C(=O)NC23CC4CC(CC(C4)C2)C3)nn1-c1ccccc1F. The number of aryl methyl sites for hydroxylation is 1. The van der Waals surface area contributed by atoms with E-state index in [4.69, 9.17) is 0 Å². The first-order valence-electron chi connectivity index (χ1n) is 10.1. The lowest BCUT2D eigenvalue weighted by molar-refractivity contribution is -0.0168. The summed E-state index contributed by atoms with van der Waals surface area (Å²) in [6.45, 7) is 1.68. The van der Waals surface area contributed by atoms with E-state index in [1.165, 1.54) is 36.1 Å². The van der Waals surface area contributed by atoms with Crippen molar-refractivity contribution in [3.63, 3.8) is 0 Å². The average molecular weight is 381 g/mol. The zero-order valence-corrected chi connectivity index (χ0v) is 16.0. The van der Waals surface area contributed by atoms with Gasteiger partial charge < -0.3 is 5.32 Å². The second-order valence-corrected chi connectivity index (χ2v) is 9.01. The molecule has 0 unspecified atom stereocenters. The molecule has 5 nitrogen and oxygen atoms in total. The molecule has 0 aliphatic heterocycles. The van der Waals surface area contributed by atoms with Crippen LogP contribution in [0.15, 0.2) is 35.1 Å². The van der Waals surface area contributed by atoms with Crippen LogP contribution >= 0.6 is 0 Å². The number of hydrogen-bond acceptors (Lipinski definition) is 3. The molecule has 1 amide bonds. The minimum Gasteiger partial charge on any atom is -0.345 e. The van der Waals surface area contributed by atoms with Gasteiger partial charge in [-0.25, -0.2) is 9.07 Å². The van der Waals surface area contributed by atoms with Crippen molar-refractivity contribution in [3.05, 3.63) is 57.8 Å². The summed E-state index contributed by atoms with van der Waals surface area (Å²) in [6.07, 6.45) is 6.82. The Morgan fingerprint density at radius 2 is 1.75 bits per heavy atom.